The maximum atomic E-state index is 13.3. The fraction of sp³-hybridized carbons (Fsp3) is 0.185. The standard InChI is InChI=1S/C27H24N4O2S/c1-18-8-11-21(19(2)14-18)16-30(3)25(32)17-34-27-29-24-7-5-4-6-23(24)26(33)31(27)22-12-9-20(15-28)10-13-22/h4-14H,16-17H2,1-3H3. The summed E-state index contributed by atoms with van der Waals surface area (Å²) in [6, 6.07) is 22.2. The second-order valence-electron chi connectivity index (χ2n) is 8.18. The SMILES string of the molecule is Cc1ccc(CN(C)C(=O)CSc2nc3ccccc3c(=O)n2-c2ccc(C#N)cc2)c(C)c1. The third kappa shape index (κ3) is 4.87. The van der Waals surface area contributed by atoms with Crippen LogP contribution >= 0.6 is 11.8 Å². The van der Waals surface area contributed by atoms with Gasteiger partial charge in [0.25, 0.3) is 5.56 Å². The summed E-state index contributed by atoms with van der Waals surface area (Å²) in [4.78, 5) is 32.6. The summed E-state index contributed by atoms with van der Waals surface area (Å²) in [7, 11) is 1.78. The lowest BCUT2D eigenvalue weighted by Crippen LogP contribution is -2.29. The van der Waals surface area contributed by atoms with Crippen LogP contribution < -0.4 is 5.56 Å². The summed E-state index contributed by atoms with van der Waals surface area (Å²) < 4.78 is 1.51. The van der Waals surface area contributed by atoms with Crippen LogP contribution in [0.2, 0.25) is 0 Å². The number of hydrogen-bond donors (Lipinski definition) is 0. The van der Waals surface area contributed by atoms with Crippen molar-refractivity contribution < 1.29 is 4.79 Å². The topological polar surface area (TPSA) is 79.0 Å². The van der Waals surface area contributed by atoms with Crippen molar-refractivity contribution in [3.8, 4) is 11.8 Å². The van der Waals surface area contributed by atoms with Gasteiger partial charge in [-0.3, -0.25) is 14.2 Å². The lowest BCUT2D eigenvalue weighted by molar-refractivity contribution is -0.127. The Morgan fingerprint density at radius 2 is 1.82 bits per heavy atom. The predicted octanol–water partition coefficient (Wildman–Crippen LogP) is 4.62. The van der Waals surface area contributed by atoms with Crippen LogP contribution in [-0.2, 0) is 11.3 Å². The highest BCUT2D eigenvalue weighted by atomic mass is 32.2. The smallest absolute Gasteiger partial charge is 0.266 e. The summed E-state index contributed by atoms with van der Waals surface area (Å²) in [5.74, 6) is 0.0846. The first-order valence-corrected chi connectivity index (χ1v) is 11.8. The lowest BCUT2D eigenvalue weighted by Gasteiger charge is -2.19. The van der Waals surface area contributed by atoms with E-state index in [9.17, 15) is 9.59 Å². The zero-order chi connectivity index (χ0) is 24.2. The molecule has 0 bridgehead atoms. The van der Waals surface area contributed by atoms with Gasteiger partial charge in [0.1, 0.15) is 0 Å². The molecule has 3 aromatic carbocycles. The first-order chi connectivity index (χ1) is 16.4. The van der Waals surface area contributed by atoms with E-state index < -0.39 is 0 Å². The normalized spacial score (nSPS) is 10.8. The largest absolute Gasteiger partial charge is 0.341 e. The molecule has 34 heavy (non-hydrogen) atoms. The van der Waals surface area contributed by atoms with Gasteiger partial charge in [0.15, 0.2) is 5.16 Å². The van der Waals surface area contributed by atoms with E-state index in [1.165, 1.54) is 21.9 Å². The van der Waals surface area contributed by atoms with Crippen LogP contribution in [0, 0.1) is 25.2 Å². The molecule has 0 atom stereocenters. The van der Waals surface area contributed by atoms with E-state index >= 15 is 0 Å². The van der Waals surface area contributed by atoms with Crippen LogP contribution in [0.3, 0.4) is 0 Å². The molecular weight excluding hydrogens is 444 g/mol. The average Bonchev–Trinajstić information content (AvgIpc) is 2.84. The maximum absolute atomic E-state index is 13.3. The molecule has 0 unspecified atom stereocenters. The third-order valence-corrected chi connectivity index (χ3v) is 6.58. The Balaban J connectivity index is 1.62. The van der Waals surface area contributed by atoms with Crippen LogP contribution in [0.15, 0.2) is 76.7 Å². The number of benzene rings is 3. The van der Waals surface area contributed by atoms with Crippen molar-refractivity contribution in [2.24, 2.45) is 0 Å². The van der Waals surface area contributed by atoms with Crippen LogP contribution in [0.1, 0.15) is 22.3 Å². The molecule has 0 aliphatic carbocycles. The van der Waals surface area contributed by atoms with Crippen molar-refractivity contribution in [2.45, 2.75) is 25.5 Å². The highest BCUT2D eigenvalue weighted by Gasteiger charge is 2.17. The van der Waals surface area contributed by atoms with E-state index in [0.717, 1.165) is 11.1 Å². The first-order valence-electron chi connectivity index (χ1n) is 10.8. The molecule has 0 spiro atoms. The monoisotopic (exact) mass is 468 g/mol. The number of rotatable bonds is 6. The van der Waals surface area contributed by atoms with Crippen LogP contribution in [0.4, 0.5) is 0 Å². The fourth-order valence-corrected chi connectivity index (χ4v) is 4.68. The number of thioether (sulfide) groups is 1. The molecule has 0 saturated carbocycles. The van der Waals surface area contributed by atoms with E-state index in [1.54, 1.807) is 54.4 Å². The van der Waals surface area contributed by atoms with E-state index in [1.807, 2.05) is 26.0 Å². The van der Waals surface area contributed by atoms with E-state index in [2.05, 4.69) is 23.2 Å². The van der Waals surface area contributed by atoms with Gasteiger partial charge in [-0.2, -0.15) is 5.26 Å². The van der Waals surface area contributed by atoms with Crippen molar-refractivity contribution >= 4 is 28.6 Å². The highest BCUT2D eigenvalue weighted by Crippen LogP contribution is 2.22. The Kier molecular flexibility index (Phi) is 6.80. The lowest BCUT2D eigenvalue weighted by atomic mass is 10.1. The number of carbonyl (C=O) groups excluding carboxylic acids is 1. The minimum atomic E-state index is -0.214. The number of para-hydroxylation sites is 1. The zero-order valence-corrected chi connectivity index (χ0v) is 20.1. The number of hydrogen-bond acceptors (Lipinski definition) is 5. The number of nitrogens with zero attached hydrogens (tertiary/aromatic N) is 4. The number of aromatic nitrogens is 2. The molecule has 6 nitrogen and oxygen atoms in total. The highest BCUT2D eigenvalue weighted by molar-refractivity contribution is 7.99. The first kappa shape index (κ1) is 23.3. The molecule has 4 aromatic rings. The summed E-state index contributed by atoms with van der Waals surface area (Å²) in [6.45, 7) is 4.61. The summed E-state index contributed by atoms with van der Waals surface area (Å²) >= 11 is 1.23. The number of carbonyl (C=O) groups is 1. The Morgan fingerprint density at radius 3 is 2.53 bits per heavy atom. The van der Waals surface area contributed by atoms with Gasteiger partial charge in [0.05, 0.1) is 34.0 Å². The van der Waals surface area contributed by atoms with Gasteiger partial charge >= 0.3 is 0 Å². The Hall–Kier alpha value is -3.89. The predicted molar refractivity (Wildman–Crippen MR) is 135 cm³/mol. The number of nitriles is 1. The van der Waals surface area contributed by atoms with Gasteiger partial charge in [0, 0.05) is 13.6 Å². The maximum Gasteiger partial charge on any atom is 0.266 e. The van der Waals surface area contributed by atoms with Crippen molar-refractivity contribution in [1.29, 1.82) is 5.26 Å². The van der Waals surface area contributed by atoms with Crippen LogP contribution in [0.25, 0.3) is 16.6 Å². The minimum absolute atomic E-state index is 0.0567. The molecule has 1 amide bonds. The van der Waals surface area contributed by atoms with E-state index in [0.29, 0.717) is 33.9 Å². The second kappa shape index (κ2) is 9.94. The molecule has 0 aliphatic heterocycles. The van der Waals surface area contributed by atoms with Gasteiger partial charge in [-0.25, -0.2) is 4.98 Å². The van der Waals surface area contributed by atoms with Gasteiger partial charge in [-0.15, -0.1) is 0 Å². The van der Waals surface area contributed by atoms with Crippen molar-refractivity contribution in [3.05, 3.63) is 99.3 Å². The Morgan fingerprint density at radius 1 is 1.09 bits per heavy atom. The molecule has 1 aromatic heterocycles. The molecule has 4 rings (SSSR count). The average molecular weight is 469 g/mol. The van der Waals surface area contributed by atoms with Crippen LogP contribution in [0.5, 0.6) is 0 Å². The second-order valence-corrected chi connectivity index (χ2v) is 9.12. The van der Waals surface area contributed by atoms with Crippen molar-refractivity contribution in [1.82, 2.24) is 14.5 Å². The fourth-order valence-electron chi connectivity index (χ4n) is 3.73. The molecule has 0 saturated heterocycles. The number of aryl methyl sites for hydroxylation is 2. The third-order valence-electron chi connectivity index (χ3n) is 5.66. The van der Waals surface area contributed by atoms with Gasteiger partial charge in [0.2, 0.25) is 5.91 Å². The molecule has 170 valence electrons. The number of amides is 1. The molecule has 0 aliphatic rings. The van der Waals surface area contributed by atoms with Crippen molar-refractivity contribution in [2.75, 3.05) is 12.8 Å². The quantitative estimate of drug-likeness (QED) is 0.305. The van der Waals surface area contributed by atoms with E-state index in [-0.39, 0.29) is 17.2 Å². The Labute approximate surface area is 202 Å². The Bertz CT molecular complexity index is 1470. The van der Waals surface area contributed by atoms with Gasteiger partial charge < -0.3 is 4.90 Å². The van der Waals surface area contributed by atoms with E-state index in [4.69, 9.17) is 5.26 Å². The number of fused-ring (bicyclic) bond motifs is 1. The molecule has 7 heteroatoms. The van der Waals surface area contributed by atoms with Crippen LogP contribution in [-0.4, -0.2) is 33.2 Å². The summed E-state index contributed by atoms with van der Waals surface area (Å²) in [5.41, 5.74) is 4.91. The molecule has 1 heterocycles. The summed E-state index contributed by atoms with van der Waals surface area (Å²) in [6.07, 6.45) is 0. The van der Waals surface area contributed by atoms with Gasteiger partial charge in [-0.05, 0) is 61.4 Å². The minimum Gasteiger partial charge on any atom is -0.341 e. The van der Waals surface area contributed by atoms with Gasteiger partial charge in [-0.1, -0.05) is 47.7 Å². The zero-order valence-electron chi connectivity index (χ0n) is 19.3. The molecule has 0 N–H and O–H groups in total. The molecule has 0 radical (unpaired) electrons. The summed E-state index contributed by atoms with van der Waals surface area (Å²) in [5, 5.41) is 10.0. The molecule has 0 fully saturated rings. The molecular formula is C27H24N4O2S. The van der Waals surface area contributed by atoms with Crippen molar-refractivity contribution in [3.63, 3.8) is 0 Å².